The Balaban J connectivity index is 1.61. The number of nitrogens with zero attached hydrogens (tertiary/aromatic N) is 3. The monoisotopic (exact) mass is 308 g/mol. The zero-order valence-electron chi connectivity index (χ0n) is 12.5. The third-order valence-electron chi connectivity index (χ3n) is 3.58. The number of carbonyl (C=O) groups excluding carboxylic acids is 2. The Labute approximate surface area is 133 Å². The molecule has 1 N–H and O–H groups in total. The lowest BCUT2D eigenvalue weighted by Crippen LogP contribution is -2.24. The van der Waals surface area contributed by atoms with Gasteiger partial charge in [0.2, 0.25) is 5.91 Å². The second-order valence-corrected chi connectivity index (χ2v) is 5.18. The predicted molar refractivity (Wildman–Crippen MR) is 87.3 cm³/mol. The lowest BCUT2D eigenvalue weighted by molar-refractivity contribution is -0.117. The summed E-state index contributed by atoms with van der Waals surface area (Å²) in [6.45, 7) is 0.736. The quantitative estimate of drug-likeness (QED) is 0.693. The molecule has 1 aliphatic heterocycles. The van der Waals surface area contributed by atoms with Crippen molar-refractivity contribution in [2.75, 3.05) is 11.4 Å². The maximum Gasteiger partial charge on any atom is 0.271 e. The molecule has 1 saturated heterocycles. The van der Waals surface area contributed by atoms with Gasteiger partial charge in [0, 0.05) is 42.2 Å². The van der Waals surface area contributed by atoms with E-state index in [1.54, 1.807) is 47.6 Å². The van der Waals surface area contributed by atoms with Gasteiger partial charge < -0.3 is 4.90 Å². The molecule has 0 aliphatic carbocycles. The maximum atomic E-state index is 12.0. The van der Waals surface area contributed by atoms with E-state index in [0.29, 0.717) is 12.0 Å². The van der Waals surface area contributed by atoms with Gasteiger partial charge >= 0.3 is 0 Å². The number of amides is 2. The first-order valence-corrected chi connectivity index (χ1v) is 7.38. The zero-order valence-corrected chi connectivity index (χ0v) is 12.5. The fourth-order valence-corrected chi connectivity index (χ4v) is 2.40. The lowest BCUT2D eigenvalue weighted by Gasteiger charge is -2.15. The smallest absolute Gasteiger partial charge is 0.271 e. The number of anilines is 1. The summed E-state index contributed by atoms with van der Waals surface area (Å²) in [5.41, 5.74) is 4.58. The molecule has 2 amide bonds. The summed E-state index contributed by atoms with van der Waals surface area (Å²) in [6, 6.07) is 10.6. The van der Waals surface area contributed by atoms with Crippen LogP contribution in [0.25, 0.3) is 0 Å². The van der Waals surface area contributed by atoms with Gasteiger partial charge in [0.15, 0.2) is 0 Å². The minimum atomic E-state index is -0.301. The number of hydrazone groups is 1. The highest BCUT2D eigenvalue weighted by Gasteiger charge is 2.21. The molecule has 1 aliphatic rings. The van der Waals surface area contributed by atoms with E-state index in [-0.39, 0.29) is 11.8 Å². The van der Waals surface area contributed by atoms with Gasteiger partial charge in [-0.05, 0) is 36.8 Å². The summed E-state index contributed by atoms with van der Waals surface area (Å²) in [5, 5.41) is 3.90. The molecule has 0 saturated carbocycles. The second-order valence-electron chi connectivity index (χ2n) is 5.18. The van der Waals surface area contributed by atoms with E-state index in [4.69, 9.17) is 0 Å². The second kappa shape index (κ2) is 6.83. The molecule has 2 heterocycles. The van der Waals surface area contributed by atoms with Crippen LogP contribution in [0.5, 0.6) is 0 Å². The number of rotatable bonds is 4. The Morgan fingerprint density at radius 2 is 2.09 bits per heavy atom. The first kappa shape index (κ1) is 14.9. The van der Waals surface area contributed by atoms with Gasteiger partial charge in [-0.25, -0.2) is 5.43 Å². The summed E-state index contributed by atoms with van der Waals surface area (Å²) in [5.74, 6) is -0.173. The molecule has 116 valence electrons. The van der Waals surface area contributed by atoms with Crippen LogP contribution in [0.2, 0.25) is 0 Å². The first-order chi connectivity index (χ1) is 11.2. The summed E-state index contributed by atoms with van der Waals surface area (Å²) < 4.78 is 0. The van der Waals surface area contributed by atoms with Crippen LogP contribution in [0.1, 0.15) is 28.8 Å². The Morgan fingerprint density at radius 3 is 2.74 bits per heavy atom. The number of hydrogen-bond donors (Lipinski definition) is 1. The molecular weight excluding hydrogens is 292 g/mol. The Bertz CT molecular complexity index is 726. The van der Waals surface area contributed by atoms with Crippen molar-refractivity contribution in [3.8, 4) is 0 Å². The van der Waals surface area contributed by atoms with Crippen LogP contribution in [0.4, 0.5) is 5.69 Å². The zero-order chi connectivity index (χ0) is 16.1. The van der Waals surface area contributed by atoms with Gasteiger partial charge in [-0.3, -0.25) is 14.6 Å². The van der Waals surface area contributed by atoms with Gasteiger partial charge in [0.05, 0.1) is 6.21 Å². The van der Waals surface area contributed by atoms with Crippen LogP contribution in [0, 0.1) is 0 Å². The minimum Gasteiger partial charge on any atom is -0.312 e. The highest BCUT2D eigenvalue weighted by Crippen LogP contribution is 2.21. The van der Waals surface area contributed by atoms with Gasteiger partial charge in [-0.1, -0.05) is 6.07 Å². The number of aromatic nitrogens is 1. The summed E-state index contributed by atoms with van der Waals surface area (Å²) in [7, 11) is 0. The van der Waals surface area contributed by atoms with E-state index in [9.17, 15) is 9.59 Å². The molecule has 6 heteroatoms. The van der Waals surface area contributed by atoms with E-state index < -0.39 is 0 Å². The van der Waals surface area contributed by atoms with Gasteiger partial charge in [0.25, 0.3) is 5.91 Å². The van der Waals surface area contributed by atoms with Crippen molar-refractivity contribution in [1.29, 1.82) is 0 Å². The van der Waals surface area contributed by atoms with E-state index >= 15 is 0 Å². The topological polar surface area (TPSA) is 74.7 Å². The molecule has 23 heavy (non-hydrogen) atoms. The summed E-state index contributed by atoms with van der Waals surface area (Å²) in [4.78, 5) is 29.4. The summed E-state index contributed by atoms with van der Waals surface area (Å²) in [6.07, 6.45) is 6.32. The molecule has 1 fully saturated rings. The molecule has 0 atom stereocenters. The third-order valence-corrected chi connectivity index (χ3v) is 3.58. The fraction of sp³-hybridized carbons (Fsp3) is 0.176. The standard InChI is InChI=1S/C17H16N4O2/c22-16-4-2-10-21(16)15-7-5-14(6-8-15)17(23)20-19-12-13-3-1-9-18-11-13/h1,3,5-9,11-12H,2,4,10H2,(H,20,23)/b19-12-. The van der Waals surface area contributed by atoms with Crippen LogP contribution in [0.3, 0.4) is 0 Å². The van der Waals surface area contributed by atoms with Crippen molar-refractivity contribution >= 4 is 23.7 Å². The average molecular weight is 308 g/mol. The highest BCUT2D eigenvalue weighted by atomic mass is 16.2. The molecule has 6 nitrogen and oxygen atoms in total. The van der Waals surface area contributed by atoms with Crippen molar-refractivity contribution in [3.63, 3.8) is 0 Å². The molecule has 1 aromatic carbocycles. The summed E-state index contributed by atoms with van der Waals surface area (Å²) >= 11 is 0. The fourth-order valence-electron chi connectivity index (χ4n) is 2.40. The predicted octanol–water partition coefficient (Wildman–Crippen LogP) is 1.97. The van der Waals surface area contributed by atoms with Crippen LogP contribution in [-0.2, 0) is 4.79 Å². The molecule has 2 aromatic rings. The number of benzene rings is 1. The number of carbonyl (C=O) groups is 2. The molecule has 0 bridgehead atoms. The van der Waals surface area contributed by atoms with Crippen LogP contribution >= 0.6 is 0 Å². The number of pyridine rings is 1. The maximum absolute atomic E-state index is 12.0. The van der Waals surface area contributed by atoms with Gasteiger partial charge in [-0.15, -0.1) is 0 Å². The number of hydrogen-bond acceptors (Lipinski definition) is 4. The van der Waals surface area contributed by atoms with Crippen molar-refractivity contribution < 1.29 is 9.59 Å². The van der Waals surface area contributed by atoms with Crippen LogP contribution in [0.15, 0.2) is 53.9 Å². The van der Waals surface area contributed by atoms with Crippen molar-refractivity contribution in [1.82, 2.24) is 10.4 Å². The van der Waals surface area contributed by atoms with E-state index in [2.05, 4.69) is 15.5 Å². The van der Waals surface area contributed by atoms with Crippen LogP contribution < -0.4 is 10.3 Å². The van der Waals surface area contributed by atoms with E-state index in [1.165, 1.54) is 6.21 Å². The van der Waals surface area contributed by atoms with Crippen molar-refractivity contribution in [2.24, 2.45) is 5.10 Å². The average Bonchev–Trinajstić information content (AvgIpc) is 3.02. The third kappa shape index (κ3) is 3.60. The van der Waals surface area contributed by atoms with Crippen LogP contribution in [-0.4, -0.2) is 29.6 Å². The Kier molecular flexibility index (Phi) is 4.42. The SMILES string of the molecule is O=C(N/N=C\c1cccnc1)c1ccc(N2CCCC2=O)cc1. The molecule has 0 unspecified atom stereocenters. The molecule has 1 aromatic heterocycles. The van der Waals surface area contributed by atoms with Gasteiger partial charge in [0.1, 0.15) is 0 Å². The van der Waals surface area contributed by atoms with Crippen molar-refractivity contribution in [3.05, 3.63) is 59.9 Å². The molecule has 0 spiro atoms. The highest BCUT2D eigenvalue weighted by molar-refractivity contribution is 5.97. The minimum absolute atomic E-state index is 0.128. The molecular formula is C17H16N4O2. The molecule has 3 rings (SSSR count). The van der Waals surface area contributed by atoms with Crippen molar-refractivity contribution in [2.45, 2.75) is 12.8 Å². The first-order valence-electron chi connectivity index (χ1n) is 7.38. The van der Waals surface area contributed by atoms with E-state index in [1.807, 2.05) is 6.07 Å². The largest absolute Gasteiger partial charge is 0.312 e. The normalized spacial score (nSPS) is 14.4. The van der Waals surface area contributed by atoms with E-state index in [0.717, 1.165) is 24.2 Å². The Morgan fingerprint density at radius 1 is 1.26 bits per heavy atom. The molecule has 0 radical (unpaired) electrons. The lowest BCUT2D eigenvalue weighted by atomic mass is 10.2. The number of nitrogens with one attached hydrogen (secondary N) is 1. The Hall–Kier alpha value is -3.02. The van der Waals surface area contributed by atoms with Gasteiger partial charge in [-0.2, -0.15) is 5.10 Å².